The standard InChI is InChI=1S/C18H18O9/c19-16(24-8-14-6-22-14)11-1-10(13-4-26-18(21)27-5-13)2-12(3-11)17(20)25-9-15-7-23-15/h1-3,13-15H,4-9H2. The maximum atomic E-state index is 12.3. The molecule has 1 aromatic carbocycles. The first-order valence-electron chi connectivity index (χ1n) is 8.60. The van der Waals surface area contributed by atoms with Gasteiger partial charge < -0.3 is 28.4 Å². The maximum absolute atomic E-state index is 12.3. The third-order valence-corrected chi connectivity index (χ3v) is 4.31. The van der Waals surface area contributed by atoms with Crippen molar-refractivity contribution < 1.29 is 42.8 Å². The van der Waals surface area contributed by atoms with Gasteiger partial charge in [-0.3, -0.25) is 0 Å². The number of cyclic esters (lactones) is 2. The molecule has 0 saturated carbocycles. The van der Waals surface area contributed by atoms with Gasteiger partial charge in [-0.25, -0.2) is 14.4 Å². The number of benzene rings is 1. The Morgan fingerprint density at radius 1 is 0.852 bits per heavy atom. The van der Waals surface area contributed by atoms with Crippen molar-refractivity contribution in [2.75, 3.05) is 39.6 Å². The molecule has 0 aliphatic carbocycles. The number of esters is 2. The summed E-state index contributed by atoms with van der Waals surface area (Å²) in [5, 5.41) is 0. The van der Waals surface area contributed by atoms with E-state index in [-0.39, 0.29) is 55.7 Å². The predicted octanol–water partition coefficient (Wildman–Crippen LogP) is 1.05. The zero-order valence-electron chi connectivity index (χ0n) is 14.4. The van der Waals surface area contributed by atoms with Crippen LogP contribution in [0, 0.1) is 0 Å². The van der Waals surface area contributed by atoms with E-state index in [9.17, 15) is 14.4 Å². The van der Waals surface area contributed by atoms with Crippen molar-refractivity contribution in [2.45, 2.75) is 18.1 Å². The monoisotopic (exact) mass is 378 g/mol. The summed E-state index contributed by atoms with van der Waals surface area (Å²) in [7, 11) is 0. The number of ether oxygens (including phenoxy) is 6. The predicted molar refractivity (Wildman–Crippen MR) is 86.5 cm³/mol. The highest BCUT2D eigenvalue weighted by atomic mass is 16.7. The molecular weight excluding hydrogens is 360 g/mol. The average Bonchev–Trinajstić information content (AvgIpc) is 3.59. The molecule has 9 heteroatoms. The molecule has 3 heterocycles. The molecule has 0 radical (unpaired) electrons. The molecule has 0 N–H and O–H groups in total. The van der Waals surface area contributed by atoms with E-state index >= 15 is 0 Å². The molecule has 3 aliphatic heterocycles. The SMILES string of the molecule is O=C1OCC(c2cc(C(=O)OCC3CO3)cc(C(=O)OCC3CO3)c2)CO1. The van der Waals surface area contributed by atoms with Crippen LogP contribution in [-0.4, -0.2) is 69.9 Å². The normalized spacial score (nSPS) is 23.8. The lowest BCUT2D eigenvalue weighted by molar-refractivity contribution is 0.00704. The van der Waals surface area contributed by atoms with Crippen LogP contribution in [0.15, 0.2) is 18.2 Å². The second-order valence-electron chi connectivity index (χ2n) is 6.52. The second kappa shape index (κ2) is 7.53. The van der Waals surface area contributed by atoms with Gasteiger partial charge in [-0.1, -0.05) is 0 Å². The van der Waals surface area contributed by atoms with Crippen molar-refractivity contribution in [1.82, 2.24) is 0 Å². The van der Waals surface area contributed by atoms with E-state index in [1.54, 1.807) is 12.1 Å². The lowest BCUT2D eigenvalue weighted by Gasteiger charge is -2.22. The van der Waals surface area contributed by atoms with Crippen molar-refractivity contribution >= 4 is 18.1 Å². The van der Waals surface area contributed by atoms with E-state index < -0.39 is 18.1 Å². The van der Waals surface area contributed by atoms with Crippen LogP contribution in [0.2, 0.25) is 0 Å². The van der Waals surface area contributed by atoms with Crippen LogP contribution < -0.4 is 0 Å². The molecule has 0 bridgehead atoms. The van der Waals surface area contributed by atoms with Gasteiger partial charge in [0.25, 0.3) is 0 Å². The molecular formula is C18H18O9. The molecule has 4 rings (SSSR count). The summed E-state index contributed by atoms with van der Waals surface area (Å²) in [6.07, 6.45) is -0.868. The van der Waals surface area contributed by atoms with Crippen molar-refractivity contribution in [1.29, 1.82) is 0 Å². The Bertz CT molecular complexity index is 695. The zero-order valence-corrected chi connectivity index (χ0v) is 14.4. The molecule has 3 saturated heterocycles. The summed E-state index contributed by atoms with van der Waals surface area (Å²) < 4.78 is 30.2. The van der Waals surface area contributed by atoms with Gasteiger partial charge in [0.15, 0.2) is 0 Å². The van der Waals surface area contributed by atoms with E-state index in [0.29, 0.717) is 18.8 Å². The van der Waals surface area contributed by atoms with E-state index in [2.05, 4.69) is 0 Å². The molecule has 27 heavy (non-hydrogen) atoms. The number of carbonyl (C=O) groups is 3. The molecule has 9 nitrogen and oxygen atoms in total. The summed E-state index contributed by atoms with van der Waals surface area (Å²) in [5.74, 6) is -1.44. The minimum absolute atomic E-state index is 0.0636. The molecule has 2 atom stereocenters. The number of hydrogen-bond acceptors (Lipinski definition) is 9. The van der Waals surface area contributed by atoms with Crippen molar-refractivity contribution in [3.05, 3.63) is 34.9 Å². The molecule has 3 fully saturated rings. The van der Waals surface area contributed by atoms with Crippen molar-refractivity contribution in [2.24, 2.45) is 0 Å². The average molecular weight is 378 g/mol. The van der Waals surface area contributed by atoms with Gasteiger partial charge >= 0.3 is 18.1 Å². The third-order valence-electron chi connectivity index (χ3n) is 4.31. The number of rotatable bonds is 7. The Hall–Kier alpha value is -2.65. The van der Waals surface area contributed by atoms with Gasteiger partial charge in [0.05, 0.1) is 30.3 Å². The Morgan fingerprint density at radius 3 is 1.78 bits per heavy atom. The lowest BCUT2D eigenvalue weighted by atomic mass is 9.95. The Kier molecular flexibility index (Phi) is 4.95. The molecule has 2 unspecified atom stereocenters. The summed E-state index contributed by atoms with van der Waals surface area (Å²) >= 11 is 0. The number of hydrogen-bond donors (Lipinski definition) is 0. The van der Waals surface area contributed by atoms with Crippen molar-refractivity contribution in [3.8, 4) is 0 Å². The summed E-state index contributed by atoms with van der Waals surface area (Å²) in [6.45, 7) is 1.64. The van der Waals surface area contributed by atoms with Crippen LogP contribution in [0.1, 0.15) is 32.2 Å². The Balaban J connectivity index is 1.53. The van der Waals surface area contributed by atoms with Gasteiger partial charge in [0.1, 0.15) is 38.6 Å². The van der Waals surface area contributed by atoms with Gasteiger partial charge in [-0.15, -0.1) is 0 Å². The maximum Gasteiger partial charge on any atom is 0.508 e. The highest BCUT2D eigenvalue weighted by Gasteiger charge is 2.28. The summed E-state index contributed by atoms with van der Waals surface area (Å²) in [5.41, 5.74) is 1.04. The topological polar surface area (TPSA) is 113 Å². The summed E-state index contributed by atoms with van der Waals surface area (Å²) in [6, 6.07) is 4.62. The summed E-state index contributed by atoms with van der Waals surface area (Å²) in [4.78, 5) is 35.8. The van der Waals surface area contributed by atoms with Gasteiger partial charge in [-0.2, -0.15) is 0 Å². The van der Waals surface area contributed by atoms with E-state index in [4.69, 9.17) is 28.4 Å². The Labute approximate surface area is 154 Å². The zero-order chi connectivity index (χ0) is 18.8. The quantitative estimate of drug-likeness (QED) is 0.390. The Morgan fingerprint density at radius 2 is 1.33 bits per heavy atom. The number of carbonyl (C=O) groups excluding carboxylic acids is 3. The first-order chi connectivity index (χ1) is 13.1. The fourth-order valence-corrected chi connectivity index (χ4v) is 2.58. The molecule has 144 valence electrons. The van der Waals surface area contributed by atoms with Gasteiger partial charge in [0.2, 0.25) is 0 Å². The largest absolute Gasteiger partial charge is 0.508 e. The van der Waals surface area contributed by atoms with E-state index in [0.717, 1.165) is 0 Å². The van der Waals surface area contributed by atoms with Crippen LogP contribution in [0.3, 0.4) is 0 Å². The first-order valence-corrected chi connectivity index (χ1v) is 8.60. The molecule has 3 aliphatic rings. The second-order valence-corrected chi connectivity index (χ2v) is 6.52. The third kappa shape index (κ3) is 4.75. The van der Waals surface area contributed by atoms with Crippen LogP contribution in [0.4, 0.5) is 4.79 Å². The molecule has 0 aromatic heterocycles. The van der Waals surface area contributed by atoms with Crippen molar-refractivity contribution in [3.63, 3.8) is 0 Å². The highest BCUT2D eigenvalue weighted by Crippen LogP contribution is 2.25. The van der Waals surface area contributed by atoms with E-state index in [1.165, 1.54) is 6.07 Å². The minimum atomic E-state index is -0.740. The fourth-order valence-electron chi connectivity index (χ4n) is 2.58. The number of epoxide rings is 2. The lowest BCUT2D eigenvalue weighted by Crippen LogP contribution is -2.26. The van der Waals surface area contributed by atoms with E-state index in [1.807, 2.05) is 0 Å². The first kappa shape index (κ1) is 17.7. The molecule has 1 aromatic rings. The minimum Gasteiger partial charge on any atom is -0.459 e. The van der Waals surface area contributed by atoms with Gasteiger partial charge in [-0.05, 0) is 23.8 Å². The van der Waals surface area contributed by atoms with Crippen LogP contribution in [-0.2, 0) is 28.4 Å². The van der Waals surface area contributed by atoms with Crippen LogP contribution in [0.5, 0.6) is 0 Å². The van der Waals surface area contributed by atoms with Crippen LogP contribution >= 0.6 is 0 Å². The molecule has 0 spiro atoms. The van der Waals surface area contributed by atoms with Gasteiger partial charge in [0, 0.05) is 0 Å². The smallest absolute Gasteiger partial charge is 0.459 e. The highest BCUT2D eigenvalue weighted by molar-refractivity contribution is 5.95. The fraction of sp³-hybridized carbons (Fsp3) is 0.500. The molecule has 0 amide bonds. The van der Waals surface area contributed by atoms with Crippen LogP contribution in [0.25, 0.3) is 0 Å².